The van der Waals surface area contributed by atoms with Crippen LogP contribution in [0.25, 0.3) is 0 Å². The lowest BCUT2D eigenvalue weighted by atomic mass is 9.84. The highest BCUT2D eigenvalue weighted by molar-refractivity contribution is 5.95. The number of amides is 1. The number of carbonyl (C=O) groups excluding carboxylic acids is 1. The van der Waals surface area contributed by atoms with Gasteiger partial charge in [0.15, 0.2) is 0 Å². The summed E-state index contributed by atoms with van der Waals surface area (Å²) in [6, 6.07) is 6.09. The van der Waals surface area contributed by atoms with Crippen LogP contribution in [0, 0.1) is 11.7 Å². The molecule has 0 heterocycles. The van der Waals surface area contributed by atoms with Crippen LogP contribution in [0.5, 0.6) is 0 Å². The van der Waals surface area contributed by atoms with E-state index in [2.05, 4.69) is 0 Å². The largest absolute Gasteiger partial charge is 0.330 e. The number of nitrogens with two attached hydrogens (primary N) is 1. The van der Waals surface area contributed by atoms with Crippen LogP contribution in [0.4, 0.5) is 10.1 Å². The van der Waals surface area contributed by atoms with Crippen LogP contribution in [0.1, 0.15) is 25.7 Å². The maximum Gasteiger partial charge on any atom is 0.230 e. The lowest BCUT2D eigenvalue weighted by Gasteiger charge is -2.31. The van der Waals surface area contributed by atoms with Gasteiger partial charge in [-0.15, -0.1) is 0 Å². The molecule has 2 rings (SSSR count). The van der Waals surface area contributed by atoms with Crippen LogP contribution in [0.3, 0.4) is 0 Å². The van der Waals surface area contributed by atoms with Gasteiger partial charge in [0.05, 0.1) is 0 Å². The summed E-state index contributed by atoms with van der Waals surface area (Å²) in [4.78, 5) is 14.1. The molecule has 3 nitrogen and oxygen atoms in total. The van der Waals surface area contributed by atoms with Crippen molar-refractivity contribution in [1.82, 2.24) is 0 Å². The van der Waals surface area contributed by atoms with Crippen LogP contribution >= 0.6 is 0 Å². The van der Waals surface area contributed by atoms with E-state index in [1.165, 1.54) is 12.1 Å². The summed E-state index contributed by atoms with van der Waals surface area (Å²) >= 11 is 0. The van der Waals surface area contributed by atoms with Gasteiger partial charge in [-0.2, -0.15) is 0 Å². The van der Waals surface area contributed by atoms with E-state index in [9.17, 15) is 9.18 Å². The van der Waals surface area contributed by atoms with Crippen molar-refractivity contribution in [2.45, 2.75) is 25.7 Å². The van der Waals surface area contributed by atoms with Crippen molar-refractivity contribution in [3.8, 4) is 0 Å². The van der Waals surface area contributed by atoms with Gasteiger partial charge in [-0.25, -0.2) is 4.39 Å². The number of hydrogen-bond acceptors (Lipinski definition) is 2. The summed E-state index contributed by atoms with van der Waals surface area (Å²) in [6.07, 6.45) is 3.83. The molecule has 0 saturated heterocycles. The normalized spacial score (nSPS) is 15.2. The van der Waals surface area contributed by atoms with Gasteiger partial charge in [0.2, 0.25) is 5.91 Å². The molecule has 1 aromatic carbocycles. The Balaban J connectivity index is 2.12. The average Bonchev–Trinajstić information content (AvgIpc) is 2.29. The first-order valence-corrected chi connectivity index (χ1v) is 6.49. The van der Waals surface area contributed by atoms with Crippen molar-refractivity contribution in [3.63, 3.8) is 0 Å². The summed E-state index contributed by atoms with van der Waals surface area (Å²) in [5.41, 5.74) is 6.27. The predicted molar refractivity (Wildman–Crippen MR) is 69.8 cm³/mol. The zero-order valence-electron chi connectivity index (χ0n) is 10.4. The standard InChI is InChI=1S/C14H19FN2O/c15-12-5-7-13(8-6-12)17(10-2-9-16)14(18)11-3-1-4-11/h5-8,11H,1-4,9-10,16H2. The van der Waals surface area contributed by atoms with Crippen molar-refractivity contribution in [2.75, 3.05) is 18.0 Å². The molecule has 0 aliphatic heterocycles. The molecule has 18 heavy (non-hydrogen) atoms. The third-order valence-corrected chi connectivity index (χ3v) is 3.44. The Labute approximate surface area is 107 Å². The van der Waals surface area contributed by atoms with E-state index >= 15 is 0 Å². The van der Waals surface area contributed by atoms with Crippen LogP contribution in [-0.2, 0) is 4.79 Å². The topological polar surface area (TPSA) is 46.3 Å². The molecule has 98 valence electrons. The number of halogens is 1. The van der Waals surface area contributed by atoms with Crippen molar-refractivity contribution in [2.24, 2.45) is 11.7 Å². The average molecular weight is 250 g/mol. The SMILES string of the molecule is NCCCN(C(=O)C1CCC1)c1ccc(F)cc1. The summed E-state index contributed by atoms with van der Waals surface area (Å²) in [5, 5.41) is 0. The number of carbonyl (C=O) groups is 1. The molecule has 0 bridgehead atoms. The van der Waals surface area contributed by atoms with E-state index in [0.29, 0.717) is 13.1 Å². The van der Waals surface area contributed by atoms with E-state index in [-0.39, 0.29) is 17.6 Å². The van der Waals surface area contributed by atoms with Gasteiger partial charge < -0.3 is 10.6 Å². The number of nitrogens with zero attached hydrogens (tertiary/aromatic N) is 1. The Kier molecular flexibility index (Phi) is 4.31. The van der Waals surface area contributed by atoms with Crippen LogP contribution in [0.15, 0.2) is 24.3 Å². The first kappa shape index (κ1) is 13.0. The fourth-order valence-electron chi connectivity index (χ4n) is 2.11. The minimum absolute atomic E-state index is 0.146. The Hall–Kier alpha value is -1.42. The second-order valence-electron chi connectivity index (χ2n) is 4.74. The van der Waals surface area contributed by atoms with Crippen LogP contribution in [0.2, 0.25) is 0 Å². The molecule has 1 saturated carbocycles. The Bertz CT molecular complexity index is 401. The third kappa shape index (κ3) is 2.88. The molecule has 0 unspecified atom stereocenters. The van der Waals surface area contributed by atoms with Gasteiger partial charge in [0.1, 0.15) is 5.82 Å². The van der Waals surface area contributed by atoms with Gasteiger partial charge in [-0.05, 0) is 50.1 Å². The van der Waals surface area contributed by atoms with Crippen molar-refractivity contribution in [1.29, 1.82) is 0 Å². The highest BCUT2D eigenvalue weighted by Gasteiger charge is 2.29. The highest BCUT2D eigenvalue weighted by atomic mass is 19.1. The molecule has 1 amide bonds. The predicted octanol–water partition coefficient (Wildman–Crippen LogP) is 2.31. The molecular weight excluding hydrogens is 231 g/mol. The maximum atomic E-state index is 12.9. The molecule has 0 aromatic heterocycles. The first-order valence-electron chi connectivity index (χ1n) is 6.49. The first-order chi connectivity index (χ1) is 8.72. The lowest BCUT2D eigenvalue weighted by molar-refractivity contribution is -0.124. The van der Waals surface area contributed by atoms with E-state index in [1.54, 1.807) is 17.0 Å². The van der Waals surface area contributed by atoms with Gasteiger partial charge >= 0.3 is 0 Å². The van der Waals surface area contributed by atoms with Gasteiger partial charge in [-0.3, -0.25) is 4.79 Å². The van der Waals surface area contributed by atoms with Crippen LogP contribution < -0.4 is 10.6 Å². The molecule has 0 atom stereocenters. The Morgan fingerprint density at radius 3 is 2.50 bits per heavy atom. The second kappa shape index (κ2) is 5.96. The highest BCUT2D eigenvalue weighted by Crippen LogP contribution is 2.30. The molecule has 2 N–H and O–H groups in total. The van der Waals surface area contributed by atoms with Crippen molar-refractivity contribution < 1.29 is 9.18 Å². The molecule has 0 radical (unpaired) electrons. The summed E-state index contributed by atoms with van der Waals surface area (Å²) in [5.74, 6) is 0.0164. The van der Waals surface area contributed by atoms with Crippen molar-refractivity contribution >= 4 is 11.6 Å². The fraction of sp³-hybridized carbons (Fsp3) is 0.500. The minimum Gasteiger partial charge on any atom is -0.330 e. The second-order valence-corrected chi connectivity index (χ2v) is 4.74. The Morgan fingerprint density at radius 2 is 2.00 bits per heavy atom. The maximum absolute atomic E-state index is 12.9. The monoisotopic (exact) mass is 250 g/mol. The van der Waals surface area contributed by atoms with E-state index in [0.717, 1.165) is 31.4 Å². The molecule has 0 spiro atoms. The zero-order valence-corrected chi connectivity index (χ0v) is 10.4. The quantitative estimate of drug-likeness (QED) is 0.871. The Morgan fingerprint density at radius 1 is 1.33 bits per heavy atom. The third-order valence-electron chi connectivity index (χ3n) is 3.44. The molecule has 1 aromatic rings. The summed E-state index contributed by atoms with van der Waals surface area (Å²) < 4.78 is 12.9. The molecule has 1 aliphatic rings. The lowest BCUT2D eigenvalue weighted by Crippen LogP contribution is -2.40. The molecular formula is C14H19FN2O. The molecule has 1 aliphatic carbocycles. The van der Waals surface area contributed by atoms with Gasteiger partial charge in [0, 0.05) is 18.2 Å². The number of benzene rings is 1. The zero-order chi connectivity index (χ0) is 13.0. The van der Waals surface area contributed by atoms with Crippen LogP contribution in [-0.4, -0.2) is 19.0 Å². The smallest absolute Gasteiger partial charge is 0.230 e. The fourth-order valence-corrected chi connectivity index (χ4v) is 2.11. The van der Waals surface area contributed by atoms with E-state index < -0.39 is 0 Å². The summed E-state index contributed by atoms with van der Waals surface area (Å²) in [6.45, 7) is 1.16. The minimum atomic E-state index is -0.284. The van der Waals surface area contributed by atoms with E-state index in [1.807, 2.05) is 0 Å². The van der Waals surface area contributed by atoms with E-state index in [4.69, 9.17) is 5.73 Å². The number of rotatable bonds is 5. The van der Waals surface area contributed by atoms with Gasteiger partial charge in [-0.1, -0.05) is 6.42 Å². The van der Waals surface area contributed by atoms with Gasteiger partial charge in [0.25, 0.3) is 0 Å². The molecule has 1 fully saturated rings. The number of anilines is 1. The molecule has 4 heteroatoms. The summed E-state index contributed by atoms with van der Waals surface area (Å²) in [7, 11) is 0. The number of hydrogen-bond donors (Lipinski definition) is 1. The van der Waals surface area contributed by atoms with Crippen molar-refractivity contribution in [3.05, 3.63) is 30.1 Å².